The summed E-state index contributed by atoms with van der Waals surface area (Å²) in [4.78, 5) is 12.1. The number of carbonyl (C=O) groups excluding carboxylic acids is 1. The van der Waals surface area contributed by atoms with Crippen LogP contribution in [0.4, 0.5) is 0 Å². The molecule has 0 aromatic rings. The number of rotatable bonds is 6. The van der Waals surface area contributed by atoms with Crippen molar-refractivity contribution in [3.8, 4) is 0 Å². The van der Waals surface area contributed by atoms with Crippen LogP contribution in [0.3, 0.4) is 0 Å². The first-order chi connectivity index (χ1) is 8.33. The smallest absolute Gasteiger partial charge is 0.152 e. The molecule has 1 rings (SSSR count). The molecule has 0 bridgehead atoms. The average molecular weight is 275 g/mol. The van der Waals surface area contributed by atoms with Gasteiger partial charge in [-0.1, -0.05) is 13.3 Å². The predicted octanol–water partition coefficient (Wildman–Crippen LogP) is 1.53. The Bertz CT molecular complexity index is 370. The Morgan fingerprint density at radius 3 is 2.28 bits per heavy atom. The van der Waals surface area contributed by atoms with Crippen LogP contribution in [0.5, 0.6) is 0 Å². The quantitative estimate of drug-likeness (QED) is 0.797. The highest BCUT2D eigenvalue weighted by molar-refractivity contribution is 7.90. The van der Waals surface area contributed by atoms with Crippen molar-refractivity contribution in [2.24, 2.45) is 17.6 Å². The van der Waals surface area contributed by atoms with E-state index in [2.05, 4.69) is 6.92 Å². The molecule has 106 valence electrons. The second kappa shape index (κ2) is 6.66. The average Bonchev–Trinajstić information content (AvgIpc) is 2.34. The highest BCUT2D eigenvalue weighted by Gasteiger charge is 2.28. The van der Waals surface area contributed by atoms with Gasteiger partial charge in [0.15, 0.2) is 5.78 Å². The van der Waals surface area contributed by atoms with Crippen LogP contribution in [0.15, 0.2) is 0 Å². The fourth-order valence-electron chi connectivity index (χ4n) is 2.64. The molecule has 2 N–H and O–H groups in total. The Labute approximate surface area is 110 Å². The summed E-state index contributed by atoms with van der Waals surface area (Å²) in [7, 11) is -3.03. The first-order valence-corrected chi connectivity index (χ1v) is 8.86. The minimum atomic E-state index is -3.03. The number of hydrogen-bond donors (Lipinski definition) is 1. The first kappa shape index (κ1) is 15.6. The molecule has 0 saturated heterocycles. The zero-order valence-corrected chi connectivity index (χ0v) is 12.2. The third-order valence-corrected chi connectivity index (χ3v) is 4.97. The molecule has 0 aromatic heterocycles. The van der Waals surface area contributed by atoms with Crippen molar-refractivity contribution in [3.05, 3.63) is 0 Å². The molecule has 4 nitrogen and oxygen atoms in total. The summed E-state index contributed by atoms with van der Waals surface area (Å²) in [5, 5.41) is 0. The van der Waals surface area contributed by atoms with Gasteiger partial charge in [0.25, 0.3) is 0 Å². The molecule has 1 unspecified atom stereocenters. The minimum absolute atomic E-state index is 0.00418. The lowest BCUT2D eigenvalue weighted by molar-refractivity contribution is -0.125. The van der Waals surface area contributed by atoms with Gasteiger partial charge in [-0.2, -0.15) is 0 Å². The lowest BCUT2D eigenvalue weighted by atomic mass is 9.77. The first-order valence-electron chi connectivity index (χ1n) is 6.80. The molecule has 0 aliphatic heterocycles. The maximum atomic E-state index is 12.1. The van der Waals surface area contributed by atoms with Gasteiger partial charge in [0.2, 0.25) is 0 Å². The Kier molecular flexibility index (Phi) is 5.79. The number of Topliss-reactive ketones (excluding diaryl/α,β-unsaturated/α-hetero) is 1. The van der Waals surface area contributed by atoms with Gasteiger partial charge in [0.05, 0.1) is 11.8 Å². The molecule has 1 atom stereocenters. The summed E-state index contributed by atoms with van der Waals surface area (Å²) in [6.07, 6.45) is 6.66. The maximum absolute atomic E-state index is 12.1. The van der Waals surface area contributed by atoms with Crippen molar-refractivity contribution < 1.29 is 13.2 Å². The molecular formula is C13H25NO3S. The fourth-order valence-corrected chi connectivity index (χ4v) is 3.32. The maximum Gasteiger partial charge on any atom is 0.152 e. The van der Waals surface area contributed by atoms with Crippen molar-refractivity contribution >= 4 is 15.6 Å². The predicted molar refractivity (Wildman–Crippen MR) is 73.0 cm³/mol. The molecule has 0 amide bonds. The highest BCUT2D eigenvalue weighted by atomic mass is 32.2. The van der Waals surface area contributed by atoms with Crippen LogP contribution in [0.25, 0.3) is 0 Å². The van der Waals surface area contributed by atoms with Crippen LogP contribution in [0, 0.1) is 11.8 Å². The summed E-state index contributed by atoms with van der Waals surface area (Å²) in [5.74, 6) is 0.876. The van der Waals surface area contributed by atoms with Crippen molar-refractivity contribution in [3.63, 3.8) is 0 Å². The van der Waals surface area contributed by atoms with Gasteiger partial charge in [-0.3, -0.25) is 4.79 Å². The Balaban J connectivity index is 2.40. The van der Waals surface area contributed by atoms with E-state index in [0.717, 1.165) is 31.6 Å². The molecule has 1 saturated carbocycles. The van der Waals surface area contributed by atoms with Crippen LogP contribution < -0.4 is 5.73 Å². The fraction of sp³-hybridized carbons (Fsp3) is 0.923. The summed E-state index contributed by atoms with van der Waals surface area (Å²) in [5.41, 5.74) is 5.81. The SMILES string of the molecule is CCC1CCC(C(=O)C(N)CCS(C)(=O)=O)CC1. The minimum Gasteiger partial charge on any atom is -0.321 e. The van der Waals surface area contributed by atoms with Crippen LogP contribution in [0.2, 0.25) is 0 Å². The number of ketones is 1. The second-order valence-corrected chi connectivity index (χ2v) is 7.81. The molecule has 0 radical (unpaired) electrons. The van der Waals surface area contributed by atoms with Crippen LogP contribution in [-0.2, 0) is 14.6 Å². The number of sulfone groups is 1. The normalized spacial score (nSPS) is 26.8. The van der Waals surface area contributed by atoms with Gasteiger partial charge in [0.1, 0.15) is 9.84 Å². The van der Waals surface area contributed by atoms with Gasteiger partial charge >= 0.3 is 0 Å². The van der Waals surface area contributed by atoms with Gasteiger partial charge in [-0.15, -0.1) is 0 Å². The van der Waals surface area contributed by atoms with E-state index in [1.54, 1.807) is 0 Å². The van der Waals surface area contributed by atoms with E-state index >= 15 is 0 Å². The van der Waals surface area contributed by atoms with Gasteiger partial charge in [-0.25, -0.2) is 8.42 Å². The van der Waals surface area contributed by atoms with Gasteiger partial charge in [0, 0.05) is 12.2 Å². The zero-order valence-electron chi connectivity index (χ0n) is 11.4. The third kappa shape index (κ3) is 5.06. The molecule has 0 spiro atoms. The van der Waals surface area contributed by atoms with Crippen molar-refractivity contribution in [2.75, 3.05) is 12.0 Å². The molecule has 18 heavy (non-hydrogen) atoms. The second-order valence-electron chi connectivity index (χ2n) is 5.55. The number of nitrogens with two attached hydrogens (primary N) is 1. The van der Waals surface area contributed by atoms with E-state index < -0.39 is 15.9 Å². The largest absolute Gasteiger partial charge is 0.321 e. The Morgan fingerprint density at radius 2 is 1.83 bits per heavy atom. The number of carbonyl (C=O) groups is 1. The van der Waals surface area contributed by atoms with E-state index in [-0.39, 0.29) is 23.9 Å². The van der Waals surface area contributed by atoms with E-state index in [1.807, 2.05) is 0 Å². The van der Waals surface area contributed by atoms with E-state index in [1.165, 1.54) is 12.7 Å². The number of hydrogen-bond acceptors (Lipinski definition) is 4. The van der Waals surface area contributed by atoms with Crippen LogP contribution >= 0.6 is 0 Å². The Morgan fingerprint density at radius 1 is 1.28 bits per heavy atom. The molecule has 0 heterocycles. The standard InChI is InChI=1S/C13H25NO3S/c1-3-10-4-6-11(7-5-10)13(15)12(14)8-9-18(2,16)17/h10-12H,3-9,14H2,1-2H3. The summed E-state index contributed by atoms with van der Waals surface area (Å²) >= 11 is 0. The Hall–Kier alpha value is -0.420. The molecule has 5 heteroatoms. The van der Waals surface area contributed by atoms with Crippen LogP contribution in [0.1, 0.15) is 45.4 Å². The summed E-state index contributed by atoms with van der Waals surface area (Å²) in [6, 6.07) is -0.608. The van der Waals surface area contributed by atoms with E-state index in [9.17, 15) is 13.2 Å². The molecule has 0 aromatic carbocycles. The van der Waals surface area contributed by atoms with Crippen LogP contribution in [-0.4, -0.2) is 32.3 Å². The van der Waals surface area contributed by atoms with Crippen molar-refractivity contribution in [2.45, 2.75) is 51.5 Å². The van der Waals surface area contributed by atoms with E-state index in [4.69, 9.17) is 5.73 Å². The zero-order chi connectivity index (χ0) is 13.8. The molecule has 1 aliphatic carbocycles. The third-order valence-electron chi connectivity index (χ3n) is 3.99. The summed E-state index contributed by atoms with van der Waals surface area (Å²) < 4.78 is 22.1. The summed E-state index contributed by atoms with van der Waals surface area (Å²) in [6.45, 7) is 2.19. The molecule has 1 fully saturated rings. The molecular weight excluding hydrogens is 250 g/mol. The molecule has 1 aliphatic rings. The lowest BCUT2D eigenvalue weighted by Crippen LogP contribution is -2.38. The van der Waals surface area contributed by atoms with Gasteiger partial charge in [-0.05, 0) is 38.0 Å². The lowest BCUT2D eigenvalue weighted by Gasteiger charge is -2.28. The van der Waals surface area contributed by atoms with Gasteiger partial charge < -0.3 is 5.73 Å². The monoisotopic (exact) mass is 275 g/mol. The van der Waals surface area contributed by atoms with Crippen molar-refractivity contribution in [1.82, 2.24) is 0 Å². The van der Waals surface area contributed by atoms with Crippen molar-refractivity contribution in [1.29, 1.82) is 0 Å². The van der Waals surface area contributed by atoms with E-state index in [0.29, 0.717) is 0 Å². The topological polar surface area (TPSA) is 77.2 Å². The highest BCUT2D eigenvalue weighted by Crippen LogP contribution is 2.31.